The minimum absolute atomic E-state index is 0.0605. The molecule has 2 aromatic heterocycles. The quantitative estimate of drug-likeness (QED) is 0.309. The molecule has 1 aromatic carbocycles. The van der Waals surface area contributed by atoms with Crippen molar-refractivity contribution < 1.29 is 35.8 Å². The SMILES string of the molecule is Cc1c(F)c(N)cc(-c2nc3c4c(nc(OC[C@@]56CCCN5C[C@H](F)C6)nc4c2F)N2CCN[C@@H](C)[C@H]2[C@H](C)O3)c1C(F)(F)F. The van der Waals surface area contributed by atoms with Crippen LogP contribution in [0.2, 0.25) is 0 Å². The van der Waals surface area contributed by atoms with Crippen LogP contribution in [-0.2, 0) is 6.18 Å². The van der Waals surface area contributed by atoms with E-state index in [1.165, 1.54) is 0 Å². The Labute approximate surface area is 255 Å². The van der Waals surface area contributed by atoms with E-state index in [2.05, 4.69) is 20.2 Å². The third kappa shape index (κ3) is 4.72. The van der Waals surface area contributed by atoms with Crippen LogP contribution in [0.3, 0.4) is 0 Å². The van der Waals surface area contributed by atoms with E-state index in [-0.39, 0.29) is 53.7 Å². The third-order valence-corrected chi connectivity index (χ3v) is 9.75. The van der Waals surface area contributed by atoms with E-state index in [0.717, 1.165) is 26.0 Å². The summed E-state index contributed by atoms with van der Waals surface area (Å²) in [7, 11) is 0. The predicted molar refractivity (Wildman–Crippen MR) is 154 cm³/mol. The number of halogens is 6. The van der Waals surface area contributed by atoms with E-state index in [4.69, 9.17) is 20.2 Å². The number of hydrogen-bond donors (Lipinski definition) is 2. The van der Waals surface area contributed by atoms with Crippen molar-refractivity contribution in [2.24, 2.45) is 0 Å². The second-order valence-electron chi connectivity index (χ2n) is 12.6. The molecule has 6 heterocycles. The molecule has 3 N–H and O–H groups in total. The highest BCUT2D eigenvalue weighted by molar-refractivity contribution is 5.97. The van der Waals surface area contributed by atoms with Gasteiger partial charge in [0.2, 0.25) is 5.88 Å². The molecule has 0 radical (unpaired) electrons. The maximum absolute atomic E-state index is 16.7. The van der Waals surface area contributed by atoms with Crippen molar-refractivity contribution in [3.63, 3.8) is 0 Å². The lowest BCUT2D eigenvalue weighted by molar-refractivity contribution is -0.137. The lowest BCUT2D eigenvalue weighted by Crippen LogP contribution is -2.61. The maximum Gasteiger partial charge on any atom is 0.417 e. The highest BCUT2D eigenvalue weighted by Crippen LogP contribution is 2.47. The maximum atomic E-state index is 16.7. The lowest BCUT2D eigenvalue weighted by Gasteiger charge is -2.42. The highest BCUT2D eigenvalue weighted by atomic mass is 19.4. The number of anilines is 2. The second kappa shape index (κ2) is 10.5. The second-order valence-corrected chi connectivity index (χ2v) is 12.6. The molecule has 4 aliphatic rings. The summed E-state index contributed by atoms with van der Waals surface area (Å²) in [6.07, 6.45) is -4.74. The molecule has 5 atom stereocenters. The Morgan fingerprint density at radius 3 is 2.69 bits per heavy atom. The molecular weight excluding hydrogens is 604 g/mol. The first-order chi connectivity index (χ1) is 21.3. The fraction of sp³-hybridized carbons (Fsp3) is 0.567. The molecule has 0 amide bonds. The van der Waals surface area contributed by atoms with Crippen LogP contribution in [0.15, 0.2) is 6.07 Å². The molecule has 0 aliphatic carbocycles. The number of pyridine rings is 1. The molecule has 3 aromatic rings. The number of alkyl halides is 4. The number of nitrogen functional groups attached to an aromatic ring is 1. The molecule has 15 heteroatoms. The molecule has 242 valence electrons. The number of benzene rings is 1. The number of rotatable bonds is 4. The van der Waals surface area contributed by atoms with Crippen molar-refractivity contribution in [3.05, 3.63) is 28.8 Å². The van der Waals surface area contributed by atoms with Gasteiger partial charge in [-0.15, -0.1) is 0 Å². The normalized spacial score (nSPS) is 28.2. The minimum atomic E-state index is -5.06. The number of hydrogen-bond acceptors (Lipinski definition) is 9. The number of aromatic nitrogens is 3. The van der Waals surface area contributed by atoms with Crippen LogP contribution in [0.1, 0.15) is 44.2 Å². The molecule has 0 spiro atoms. The Balaban J connectivity index is 1.44. The van der Waals surface area contributed by atoms with Gasteiger partial charge < -0.3 is 25.4 Å². The molecule has 3 fully saturated rings. The highest BCUT2D eigenvalue weighted by Gasteiger charge is 2.50. The summed E-state index contributed by atoms with van der Waals surface area (Å²) in [6, 6.07) is 0.106. The zero-order chi connectivity index (χ0) is 32.0. The molecule has 0 saturated carbocycles. The van der Waals surface area contributed by atoms with Gasteiger partial charge in [0.05, 0.1) is 22.8 Å². The van der Waals surface area contributed by atoms with E-state index in [1.54, 1.807) is 6.92 Å². The monoisotopic (exact) mass is 637 g/mol. The largest absolute Gasteiger partial charge is 0.472 e. The fourth-order valence-electron chi connectivity index (χ4n) is 7.76. The average molecular weight is 638 g/mol. The van der Waals surface area contributed by atoms with Gasteiger partial charge in [-0.3, -0.25) is 4.90 Å². The first-order valence-corrected chi connectivity index (χ1v) is 15.0. The summed E-state index contributed by atoms with van der Waals surface area (Å²) < 4.78 is 101. The molecule has 7 rings (SSSR count). The Bertz CT molecular complexity index is 1690. The van der Waals surface area contributed by atoms with Gasteiger partial charge in [0.15, 0.2) is 5.82 Å². The number of ether oxygens (including phenoxy) is 2. The van der Waals surface area contributed by atoms with Gasteiger partial charge in [-0.1, -0.05) is 0 Å². The molecule has 4 aliphatic heterocycles. The summed E-state index contributed by atoms with van der Waals surface area (Å²) in [6.45, 7) is 6.82. The molecular formula is C30H33F6N7O2. The lowest BCUT2D eigenvalue weighted by atomic mass is 9.95. The minimum Gasteiger partial charge on any atom is -0.472 e. The van der Waals surface area contributed by atoms with E-state index >= 15 is 4.39 Å². The zero-order valence-corrected chi connectivity index (χ0v) is 24.9. The van der Waals surface area contributed by atoms with Crippen LogP contribution in [-0.4, -0.2) is 82.5 Å². The van der Waals surface area contributed by atoms with Gasteiger partial charge in [-0.25, -0.2) is 18.2 Å². The van der Waals surface area contributed by atoms with E-state index in [0.29, 0.717) is 26.1 Å². The summed E-state index contributed by atoms with van der Waals surface area (Å²) in [4.78, 5) is 17.3. The topological polar surface area (TPSA) is 102 Å². The van der Waals surface area contributed by atoms with Crippen LogP contribution >= 0.6 is 0 Å². The number of nitrogens with one attached hydrogen (secondary N) is 1. The van der Waals surface area contributed by atoms with Crippen LogP contribution < -0.4 is 25.4 Å². The summed E-state index contributed by atoms with van der Waals surface area (Å²) >= 11 is 0. The first kappa shape index (κ1) is 30.1. The number of piperazine rings is 1. The van der Waals surface area contributed by atoms with Crippen molar-refractivity contribution in [1.29, 1.82) is 0 Å². The standard InChI is InChI=1S/C30H33F6N7O2/c1-13-20(30(34,35)36)17(9-18(37)21(13)32)23-22(33)24-19-26(43-8-6-38-14(2)25(43)15(3)45-27(19)39-23)41-28(40-24)44-12-29-5-4-7-42(29)11-16(31)10-29/h9,14-16,25,38H,4-8,10-12,37H2,1-3H3/t14-,15-,16+,25-,29-/m0/s1. The molecule has 3 saturated heterocycles. The smallest absolute Gasteiger partial charge is 0.417 e. The molecule has 45 heavy (non-hydrogen) atoms. The van der Waals surface area contributed by atoms with Crippen molar-refractivity contribution in [1.82, 2.24) is 25.2 Å². The summed E-state index contributed by atoms with van der Waals surface area (Å²) in [5.41, 5.74) is 0.558. The van der Waals surface area contributed by atoms with Crippen molar-refractivity contribution in [2.75, 3.05) is 43.4 Å². The van der Waals surface area contributed by atoms with Crippen molar-refractivity contribution >= 4 is 22.4 Å². The van der Waals surface area contributed by atoms with Crippen molar-refractivity contribution in [2.45, 2.75) is 76.1 Å². The number of nitrogens with zero attached hydrogens (tertiary/aromatic N) is 5. The predicted octanol–water partition coefficient (Wildman–Crippen LogP) is 4.78. The average Bonchev–Trinajstić information content (AvgIpc) is 3.46. The van der Waals surface area contributed by atoms with Crippen LogP contribution in [0.5, 0.6) is 11.9 Å². The number of fused-ring (bicyclic) bond motifs is 3. The van der Waals surface area contributed by atoms with E-state index < -0.39 is 63.7 Å². The van der Waals surface area contributed by atoms with Crippen LogP contribution in [0, 0.1) is 18.6 Å². The van der Waals surface area contributed by atoms with Crippen LogP contribution in [0.25, 0.3) is 22.2 Å². The Morgan fingerprint density at radius 1 is 1.16 bits per heavy atom. The molecule has 0 bridgehead atoms. The fourth-order valence-corrected chi connectivity index (χ4v) is 7.76. The van der Waals surface area contributed by atoms with E-state index in [9.17, 15) is 22.0 Å². The van der Waals surface area contributed by atoms with Gasteiger partial charge in [0, 0.05) is 37.7 Å². The first-order valence-electron chi connectivity index (χ1n) is 15.0. The Morgan fingerprint density at radius 2 is 1.93 bits per heavy atom. The Hall–Kier alpha value is -3.59. The third-order valence-electron chi connectivity index (χ3n) is 9.75. The molecule has 9 nitrogen and oxygen atoms in total. The van der Waals surface area contributed by atoms with Gasteiger partial charge in [0.25, 0.3) is 0 Å². The van der Waals surface area contributed by atoms with Gasteiger partial charge >= 0.3 is 12.2 Å². The van der Waals surface area contributed by atoms with E-state index in [1.807, 2.05) is 11.8 Å². The zero-order valence-electron chi connectivity index (χ0n) is 24.9. The van der Waals surface area contributed by atoms with Crippen molar-refractivity contribution in [3.8, 4) is 23.1 Å². The van der Waals surface area contributed by atoms with Crippen LogP contribution in [0.4, 0.5) is 37.8 Å². The van der Waals surface area contributed by atoms with Gasteiger partial charge in [-0.05, 0) is 51.8 Å². The van der Waals surface area contributed by atoms with Gasteiger partial charge in [0.1, 0.15) is 47.1 Å². The number of nitrogens with two attached hydrogens (primary N) is 1. The molecule has 0 unspecified atom stereocenters. The summed E-state index contributed by atoms with van der Waals surface area (Å²) in [5, 5.41) is 3.47. The van der Waals surface area contributed by atoms with Gasteiger partial charge in [-0.2, -0.15) is 23.1 Å². The summed E-state index contributed by atoms with van der Waals surface area (Å²) in [5.74, 6) is -2.34. The Kier molecular flexibility index (Phi) is 7.00.